The van der Waals surface area contributed by atoms with Gasteiger partial charge in [-0.2, -0.15) is 0 Å². The van der Waals surface area contributed by atoms with E-state index in [1.807, 2.05) is 81.4 Å². The highest BCUT2D eigenvalue weighted by Crippen LogP contribution is 2.34. The molecule has 194 valence electrons. The van der Waals surface area contributed by atoms with Gasteiger partial charge < -0.3 is 14.6 Å². The van der Waals surface area contributed by atoms with Crippen molar-refractivity contribution >= 4 is 27.9 Å². The maximum atomic E-state index is 13.2. The molecular formula is C28H32N4O4S. The third-order valence-corrected chi connectivity index (χ3v) is 7.43. The zero-order valence-corrected chi connectivity index (χ0v) is 22.3. The van der Waals surface area contributed by atoms with Gasteiger partial charge in [0.2, 0.25) is 0 Å². The molecule has 2 N–H and O–H groups in total. The van der Waals surface area contributed by atoms with Crippen LogP contribution >= 0.6 is 0 Å². The number of ether oxygens (including phenoxy) is 1. The smallest absolute Gasteiger partial charge is 0.269 e. The maximum absolute atomic E-state index is 13.2. The Bertz CT molecular complexity index is 1400. The summed E-state index contributed by atoms with van der Waals surface area (Å²) in [6.45, 7) is 6.59. The number of para-hydroxylation sites is 1. The van der Waals surface area contributed by atoms with Gasteiger partial charge in [0, 0.05) is 36.7 Å². The minimum absolute atomic E-state index is 0.267. The second-order valence-corrected chi connectivity index (χ2v) is 11.6. The number of benzene rings is 2. The molecule has 0 saturated carbocycles. The predicted octanol–water partition coefficient (Wildman–Crippen LogP) is 4.60. The van der Waals surface area contributed by atoms with Crippen LogP contribution in [0.5, 0.6) is 0 Å². The lowest BCUT2D eigenvalue weighted by atomic mass is 9.94. The van der Waals surface area contributed by atoms with E-state index < -0.39 is 15.7 Å². The monoisotopic (exact) mass is 520 g/mol. The summed E-state index contributed by atoms with van der Waals surface area (Å²) in [6, 6.07) is 20.6. The number of hydrogen-bond donors (Lipinski definition) is 2. The number of carbonyl (C=O) groups is 1. The average Bonchev–Trinajstić information content (AvgIpc) is 3.32. The second-order valence-electron chi connectivity index (χ2n) is 9.63. The minimum atomic E-state index is -1.36. The molecule has 0 bridgehead atoms. The van der Waals surface area contributed by atoms with Crippen molar-refractivity contribution in [1.82, 2.24) is 20.2 Å². The number of hydrogen-bond acceptors (Lipinski definition) is 6. The number of nitrogens with one attached hydrogen (secondary N) is 2. The molecule has 2 heterocycles. The van der Waals surface area contributed by atoms with Crippen molar-refractivity contribution in [3.05, 3.63) is 83.7 Å². The Morgan fingerprint density at radius 3 is 2.59 bits per heavy atom. The maximum Gasteiger partial charge on any atom is 0.269 e. The van der Waals surface area contributed by atoms with Crippen LogP contribution in [-0.2, 0) is 22.1 Å². The SMILES string of the molecule is COCCNC(=O)c1cccc(C[C@H](N[S@@](=O)C(C)(C)C)c2ccccc2-c2noc3ccccc23)n1. The third-order valence-electron chi connectivity index (χ3n) is 5.82. The van der Waals surface area contributed by atoms with Gasteiger partial charge in [-0.15, -0.1) is 0 Å². The summed E-state index contributed by atoms with van der Waals surface area (Å²) in [5.74, 6) is -0.267. The molecule has 0 aliphatic heterocycles. The largest absolute Gasteiger partial charge is 0.383 e. The molecule has 8 nitrogen and oxygen atoms in total. The van der Waals surface area contributed by atoms with Crippen molar-refractivity contribution in [2.75, 3.05) is 20.3 Å². The van der Waals surface area contributed by atoms with Crippen molar-refractivity contribution in [2.24, 2.45) is 0 Å². The van der Waals surface area contributed by atoms with Crippen LogP contribution in [0.3, 0.4) is 0 Å². The van der Waals surface area contributed by atoms with E-state index in [9.17, 15) is 9.00 Å². The van der Waals surface area contributed by atoms with Gasteiger partial charge in [0.25, 0.3) is 5.91 Å². The van der Waals surface area contributed by atoms with Crippen LogP contribution in [-0.4, -0.2) is 45.3 Å². The molecule has 37 heavy (non-hydrogen) atoms. The first-order chi connectivity index (χ1) is 17.8. The number of carbonyl (C=O) groups excluding carboxylic acids is 1. The fraction of sp³-hybridized carbons (Fsp3) is 0.321. The van der Waals surface area contributed by atoms with E-state index in [0.29, 0.717) is 36.5 Å². The molecule has 2 aromatic carbocycles. The Morgan fingerprint density at radius 2 is 1.81 bits per heavy atom. The molecule has 2 aromatic heterocycles. The van der Waals surface area contributed by atoms with Crippen LogP contribution in [0.4, 0.5) is 0 Å². The van der Waals surface area contributed by atoms with Gasteiger partial charge >= 0.3 is 0 Å². The molecule has 0 unspecified atom stereocenters. The van der Waals surface area contributed by atoms with Crippen LogP contribution < -0.4 is 10.0 Å². The van der Waals surface area contributed by atoms with Crippen LogP contribution in [0.1, 0.15) is 48.6 Å². The first kappa shape index (κ1) is 26.7. The Hall–Kier alpha value is -3.40. The number of fused-ring (bicyclic) bond motifs is 1. The first-order valence-corrected chi connectivity index (χ1v) is 13.3. The standard InChI is InChI=1S/C28H32N4O4S/c1-28(2,3)37(34)32-24(18-19-10-9-14-23(30-19)27(33)29-16-17-35-4)20-11-5-6-12-21(20)26-22-13-7-8-15-25(22)36-31-26/h5-15,24,32H,16-18H2,1-4H3,(H,29,33)/t24-,37-/m0/s1. The molecule has 0 radical (unpaired) electrons. The molecular weight excluding hydrogens is 488 g/mol. The lowest BCUT2D eigenvalue weighted by molar-refractivity contribution is 0.0932. The van der Waals surface area contributed by atoms with Crippen LogP contribution in [0.15, 0.2) is 71.3 Å². The lowest BCUT2D eigenvalue weighted by Gasteiger charge is -2.26. The van der Waals surface area contributed by atoms with E-state index in [4.69, 9.17) is 9.26 Å². The molecule has 4 aromatic rings. The zero-order chi connectivity index (χ0) is 26.4. The Kier molecular flexibility index (Phi) is 8.48. The number of aromatic nitrogens is 2. The second kappa shape index (κ2) is 11.8. The summed E-state index contributed by atoms with van der Waals surface area (Å²) >= 11 is 0. The first-order valence-electron chi connectivity index (χ1n) is 12.1. The van der Waals surface area contributed by atoms with Crippen molar-refractivity contribution in [1.29, 1.82) is 0 Å². The molecule has 9 heteroatoms. The van der Waals surface area contributed by atoms with E-state index in [2.05, 4.69) is 20.2 Å². The van der Waals surface area contributed by atoms with Crippen molar-refractivity contribution < 1.29 is 18.3 Å². The predicted molar refractivity (Wildman–Crippen MR) is 145 cm³/mol. The van der Waals surface area contributed by atoms with Gasteiger partial charge in [0.1, 0.15) is 11.4 Å². The molecule has 0 aliphatic rings. The Morgan fingerprint density at radius 1 is 1.05 bits per heavy atom. The van der Waals surface area contributed by atoms with Crippen molar-refractivity contribution in [3.8, 4) is 11.3 Å². The summed E-state index contributed by atoms with van der Waals surface area (Å²) in [6.07, 6.45) is 0.411. The van der Waals surface area contributed by atoms with E-state index in [1.54, 1.807) is 13.2 Å². The number of amides is 1. The van der Waals surface area contributed by atoms with Gasteiger partial charge in [-0.3, -0.25) is 4.79 Å². The summed E-state index contributed by atoms with van der Waals surface area (Å²) in [4.78, 5) is 17.2. The number of rotatable bonds is 10. The molecule has 0 saturated heterocycles. The molecule has 0 aliphatic carbocycles. The number of methoxy groups -OCH3 is 1. The van der Waals surface area contributed by atoms with Gasteiger partial charge in [0.05, 0.1) is 28.4 Å². The highest BCUT2D eigenvalue weighted by molar-refractivity contribution is 7.84. The lowest BCUT2D eigenvalue weighted by Crippen LogP contribution is -2.37. The Balaban J connectivity index is 1.71. The summed E-state index contributed by atoms with van der Waals surface area (Å²) in [7, 11) is 0.225. The van der Waals surface area contributed by atoms with Crippen LogP contribution in [0.2, 0.25) is 0 Å². The molecule has 0 fully saturated rings. The zero-order valence-electron chi connectivity index (χ0n) is 21.5. The highest BCUT2D eigenvalue weighted by Gasteiger charge is 2.27. The van der Waals surface area contributed by atoms with E-state index >= 15 is 0 Å². The summed E-state index contributed by atoms with van der Waals surface area (Å²) < 4.78 is 26.7. The summed E-state index contributed by atoms with van der Waals surface area (Å²) in [5.41, 5.74) is 4.23. The van der Waals surface area contributed by atoms with Crippen molar-refractivity contribution in [2.45, 2.75) is 38.0 Å². The molecule has 4 rings (SSSR count). The fourth-order valence-corrected chi connectivity index (χ4v) is 4.73. The molecule has 1 amide bonds. The average molecular weight is 521 g/mol. The summed E-state index contributed by atoms with van der Waals surface area (Å²) in [5, 5.41) is 8.06. The molecule has 2 atom stereocenters. The van der Waals surface area contributed by atoms with Gasteiger partial charge in [0.15, 0.2) is 5.58 Å². The quantitative estimate of drug-likeness (QED) is 0.296. The van der Waals surface area contributed by atoms with Gasteiger partial charge in [-0.1, -0.05) is 47.6 Å². The van der Waals surface area contributed by atoms with Crippen molar-refractivity contribution in [3.63, 3.8) is 0 Å². The van der Waals surface area contributed by atoms with E-state index in [0.717, 1.165) is 22.2 Å². The highest BCUT2D eigenvalue weighted by atomic mass is 32.2. The minimum Gasteiger partial charge on any atom is -0.383 e. The van der Waals surface area contributed by atoms with Gasteiger partial charge in [-0.05, 0) is 50.6 Å². The van der Waals surface area contributed by atoms with Crippen LogP contribution in [0.25, 0.3) is 22.2 Å². The number of pyridine rings is 1. The number of nitrogens with zero attached hydrogens (tertiary/aromatic N) is 2. The third kappa shape index (κ3) is 6.49. The molecule has 0 spiro atoms. The fourth-order valence-electron chi connectivity index (χ4n) is 3.90. The van der Waals surface area contributed by atoms with E-state index in [1.165, 1.54) is 0 Å². The normalized spacial score (nSPS) is 13.4. The Labute approximate surface area is 219 Å². The van der Waals surface area contributed by atoms with E-state index in [-0.39, 0.29) is 11.9 Å². The topological polar surface area (TPSA) is 106 Å². The van der Waals surface area contributed by atoms with Gasteiger partial charge in [-0.25, -0.2) is 13.9 Å². The van der Waals surface area contributed by atoms with Crippen LogP contribution in [0, 0.1) is 0 Å².